The monoisotopic (exact) mass is 539 g/mol. The number of fused-ring (bicyclic) bond motifs is 2. The van der Waals surface area contributed by atoms with Gasteiger partial charge in [-0.05, 0) is 62.1 Å². The van der Waals surface area contributed by atoms with Gasteiger partial charge in [-0.1, -0.05) is 60.7 Å². The molecule has 1 heterocycles. The highest BCUT2D eigenvalue weighted by Crippen LogP contribution is 2.60. The Balaban J connectivity index is 1.78. The third-order valence-corrected chi connectivity index (χ3v) is 7.84. The Morgan fingerprint density at radius 1 is 1.05 bits per heavy atom. The van der Waals surface area contributed by atoms with Crippen LogP contribution in [0.1, 0.15) is 61.3 Å². The molecule has 3 aromatic carbocycles. The first-order chi connectivity index (χ1) is 19.0. The van der Waals surface area contributed by atoms with Crippen LogP contribution in [0, 0.1) is 21.4 Å². The zero-order chi connectivity index (χ0) is 28.8. The summed E-state index contributed by atoms with van der Waals surface area (Å²) in [6, 6.07) is 22.4. The van der Waals surface area contributed by atoms with Crippen LogP contribution in [0.25, 0.3) is 0 Å². The summed E-state index contributed by atoms with van der Waals surface area (Å²) in [5.41, 5.74) is -0.800. The van der Waals surface area contributed by atoms with Crippen molar-refractivity contribution >= 4 is 17.7 Å². The topological polar surface area (TPSA) is 134 Å². The van der Waals surface area contributed by atoms with Crippen LogP contribution < -0.4 is 4.90 Å². The van der Waals surface area contributed by atoms with Crippen molar-refractivity contribution < 1.29 is 24.4 Å². The number of anilines is 1. The van der Waals surface area contributed by atoms with Gasteiger partial charge in [0.1, 0.15) is 11.0 Å². The van der Waals surface area contributed by atoms with Crippen LogP contribution >= 0.6 is 0 Å². The van der Waals surface area contributed by atoms with Crippen molar-refractivity contribution in [2.75, 3.05) is 4.90 Å². The number of hydrogen-bond acceptors (Lipinski definition) is 7. The van der Waals surface area contributed by atoms with E-state index in [2.05, 4.69) is 0 Å². The lowest BCUT2D eigenvalue weighted by Crippen LogP contribution is -2.62. The Hall–Kier alpha value is -4.55. The van der Waals surface area contributed by atoms with Crippen LogP contribution in [-0.2, 0) is 14.9 Å². The van der Waals surface area contributed by atoms with Crippen molar-refractivity contribution in [1.29, 1.82) is 5.26 Å². The van der Waals surface area contributed by atoms with E-state index in [4.69, 9.17) is 4.74 Å². The van der Waals surface area contributed by atoms with E-state index in [0.29, 0.717) is 22.3 Å². The summed E-state index contributed by atoms with van der Waals surface area (Å²) in [6.45, 7) is 5.03. The van der Waals surface area contributed by atoms with Crippen LogP contribution in [-0.4, -0.2) is 39.8 Å². The number of rotatable bonds is 3. The molecule has 2 amide bonds. The van der Waals surface area contributed by atoms with Gasteiger partial charge < -0.3 is 9.84 Å². The first-order valence-corrected chi connectivity index (χ1v) is 13.0. The van der Waals surface area contributed by atoms with E-state index >= 15 is 0 Å². The Labute approximate surface area is 231 Å². The largest absolute Gasteiger partial charge is 0.443 e. The van der Waals surface area contributed by atoms with Crippen LogP contribution in [0.2, 0.25) is 0 Å². The highest BCUT2D eigenvalue weighted by molar-refractivity contribution is 6.22. The third-order valence-electron chi connectivity index (χ3n) is 7.84. The Morgan fingerprint density at radius 2 is 1.68 bits per heavy atom. The number of carbonyl (C=O) groups excluding carboxylic acids is 2. The lowest BCUT2D eigenvalue weighted by molar-refractivity contribution is -0.537. The molecule has 1 aliphatic carbocycles. The van der Waals surface area contributed by atoms with Crippen LogP contribution in [0.15, 0.2) is 78.9 Å². The van der Waals surface area contributed by atoms with E-state index in [-0.39, 0.29) is 17.0 Å². The molecule has 204 valence electrons. The van der Waals surface area contributed by atoms with E-state index in [1.807, 2.05) is 6.07 Å². The first kappa shape index (κ1) is 27.0. The zero-order valence-corrected chi connectivity index (χ0v) is 22.4. The van der Waals surface area contributed by atoms with Crippen LogP contribution in [0.3, 0.4) is 0 Å². The first-order valence-electron chi connectivity index (χ1n) is 13.0. The molecule has 5 atom stereocenters. The molecule has 0 bridgehead atoms. The number of benzene rings is 3. The number of amides is 2. The van der Waals surface area contributed by atoms with Gasteiger partial charge in [-0.2, -0.15) is 5.26 Å². The second kappa shape index (κ2) is 9.88. The summed E-state index contributed by atoms with van der Waals surface area (Å²) in [6.07, 6.45) is -2.38. The maximum Gasteiger partial charge on any atom is 0.421 e. The maximum atomic E-state index is 14.6. The number of aliphatic hydroxyl groups is 1. The molecule has 3 aromatic rings. The van der Waals surface area contributed by atoms with Crippen molar-refractivity contribution in [2.24, 2.45) is 0 Å². The minimum atomic E-state index is -1.86. The number of nitro groups is 1. The summed E-state index contributed by atoms with van der Waals surface area (Å²) < 4.78 is 5.57. The number of ether oxygens (including phenoxy) is 1. The summed E-state index contributed by atoms with van der Waals surface area (Å²) in [4.78, 5) is 41.5. The van der Waals surface area contributed by atoms with E-state index in [0.717, 1.165) is 4.90 Å². The number of nitrogens with zero attached hydrogens (tertiary/aromatic N) is 3. The average Bonchev–Trinajstić information content (AvgIpc) is 3.18. The van der Waals surface area contributed by atoms with E-state index in [1.54, 1.807) is 87.5 Å². The van der Waals surface area contributed by atoms with Gasteiger partial charge in [0.15, 0.2) is 0 Å². The number of aliphatic hydroxyl groups excluding tert-OH is 1. The van der Waals surface area contributed by atoms with Gasteiger partial charge in [-0.15, -0.1) is 0 Å². The molecule has 9 nitrogen and oxygen atoms in total. The Morgan fingerprint density at radius 3 is 2.27 bits per heavy atom. The number of hydrogen-bond donors (Lipinski definition) is 1. The fourth-order valence-electron chi connectivity index (χ4n) is 6.34. The van der Waals surface area contributed by atoms with E-state index < -0.39 is 47.0 Å². The molecule has 0 saturated heterocycles. The summed E-state index contributed by atoms with van der Waals surface area (Å²) in [7, 11) is 0. The second-order valence-corrected chi connectivity index (χ2v) is 11.3. The smallest absolute Gasteiger partial charge is 0.421 e. The Bertz CT molecular complexity index is 1510. The molecule has 0 unspecified atom stereocenters. The molecule has 0 radical (unpaired) electrons. The molecule has 2 aliphatic rings. The predicted octanol–water partition coefficient (Wildman–Crippen LogP) is 5.06. The Kier molecular flexibility index (Phi) is 6.68. The van der Waals surface area contributed by atoms with Crippen LogP contribution in [0.4, 0.5) is 10.5 Å². The van der Waals surface area contributed by atoms with Gasteiger partial charge in [0.2, 0.25) is 6.04 Å². The van der Waals surface area contributed by atoms with Gasteiger partial charge in [0, 0.05) is 4.92 Å². The van der Waals surface area contributed by atoms with Gasteiger partial charge in [0.25, 0.3) is 5.91 Å². The molecule has 9 heteroatoms. The van der Waals surface area contributed by atoms with Crippen molar-refractivity contribution in [1.82, 2.24) is 0 Å². The summed E-state index contributed by atoms with van der Waals surface area (Å²) >= 11 is 0. The van der Waals surface area contributed by atoms with Crippen LogP contribution in [0.5, 0.6) is 0 Å². The minimum Gasteiger partial charge on any atom is -0.443 e. The second-order valence-electron chi connectivity index (χ2n) is 11.3. The molecule has 1 spiro atoms. The number of imide groups is 1. The predicted molar refractivity (Wildman–Crippen MR) is 146 cm³/mol. The molecule has 1 N–H and O–H groups in total. The zero-order valence-electron chi connectivity index (χ0n) is 22.4. The van der Waals surface area contributed by atoms with Gasteiger partial charge in [-0.3, -0.25) is 14.9 Å². The quantitative estimate of drug-likeness (QED) is 0.363. The van der Waals surface area contributed by atoms with E-state index in [1.165, 1.54) is 12.1 Å². The molecule has 1 saturated carbocycles. The molecule has 1 fully saturated rings. The maximum absolute atomic E-state index is 14.6. The van der Waals surface area contributed by atoms with Crippen molar-refractivity contribution in [3.8, 4) is 6.07 Å². The van der Waals surface area contributed by atoms with Crippen molar-refractivity contribution in [3.63, 3.8) is 0 Å². The third kappa shape index (κ3) is 4.21. The molecule has 0 aromatic heterocycles. The van der Waals surface area contributed by atoms with Gasteiger partial charge >= 0.3 is 6.09 Å². The fraction of sp³-hybridized carbons (Fsp3) is 0.323. The molecule has 1 aliphatic heterocycles. The lowest BCUT2D eigenvalue weighted by atomic mass is 9.54. The molecule has 5 rings (SSSR count). The van der Waals surface area contributed by atoms with Crippen molar-refractivity contribution in [3.05, 3.63) is 111 Å². The SMILES string of the molecule is CC(C)(C)OC(=O)N1C(=O)[C@]2(c3ccccc31)[C@H](O)C[C@@H](c1ccccc1)[C@@H]([N+](=O)[O-])[C@@H]2c1ccc(C#N)cc1. The summed E-state index contributed by atoms with van der Waals surface area (Å²) in [5, 5.41) is 34.3. The minimum absolute atomic E-state index is 0.0787. The molecular formula is C31H29N3O6. The normalized spacial score (nSPS) is 25.8. The molecule has 40 heavy (non-hydrogen) atoms. The lowest BCUT2D eigenvalue weighted by Gasteiger charge is -2.47. The fourth-order valence-corrected chi connectivity index (χ4v) is 6.34. The average molecular weight is 540 g/mol. The van der Waals surface area contributed by atoms with E-state index in [9.17, 15) is 30.1 Å². The number of carbonyl (C=O) groups is 2. The van der Waals surface area contributed by atoms with Gasteiger partial charge in [0.05, 0.1) is 35.3 Å². The number of para-hydroxylation sites is 1. The highest BCUT2D eigenvalue weighted by atomic mass is 16.6. The molecular weight excluding hydrogens is 510 g/mol. The van der Waals surface area contributed by atoms with Crippen molar-refractivity contribution in [2.45, 2.75) is 62.2 Å². The standard InChI is InChI=1S/C31H29N3O6/c1-30(2,3)40-29(37)33-24-12-8-7-11-23(24)31(28(33)36)25(35)17-22(20-9-5-4-6-10-20)27(34(38)39)26(31)21-15-13-19(18-32)14-16-21/h4-16,22,25-27,35H,17H2,1-3H3/t22-,25+,26-,27+,31+/m0/s1. The number of nitriles is 1. The summed E-state index contributed by atoms with van der Waals surface area (Å²) in [5.74, 6) is -2.68. The van der Waals surface area contributed by atoms with Gasteiger partial charge in [-0.25, -0.2) is 9.69 Å². The highest BCUT2D eigenvalue weighted by Gasteiger charge is 2.69.